The van der Waals surface area contributed by atoms with E-state index in [4.69, 9.17) is 5.11 Å². The number of nitrogens with one attached hydrogen (secondary N) is 2. The molecule has 0 bridgehead atoms. The molecule has 0 aliphatic carbocycles. The predicted octanol–water partition coefficient (Wildman–Crippen LogP) is 0.653. The quantitative estimate of drug-likeness (QED) is 0.703. The Labute approximate surface area is 112 Å². The van der Waals surface area contributed by atoms with Crippen LogP contribution in [0.1, 0.15) is 22.3 Å². The van der Waals surface area contributed by atoms with Gasteiger partial charge in [0.25, 0.3) is 0 Å². The molecule has 0 spiro atoms. The van der Waals surface area contributed by atoms with Crippen LogP contribution in [0.4, 0.5) is 0 Å². The van der Waals surface area contributed by atoms with E-state index in [2.05, 4.69) is 10.6 Å². The van der Waals surface area contributed by atoms with Crippen molar-refractivity contribution >= 4 is 11.9 Å². The van der Waals surface area contributed by atoms with E-state index in [1.54, 1.807) is 24.3 Å². The Morgan fingerprint density at radius 3 is 2.47 bits per heavy atom. The van der Waals surface area contributed by atoms with Crippen molar-refractivity contribution in [3.63, 3.8) is 0 Å². The molecular formula is C14H18N2O3. The molecule has 1 aliphatic rings. The van der Waals surface area contributed by atoms with Crippen LogP contribution in [0.5, 0.6) is 0 Å². The first-order valence-electron chi connectivity index (χ1n) is 6.45. The first-order valence-corrected chi connectivity index (χ1v) is 6.45. The van der Waals surface area contributed by atoms with Crippen molar-refractivity contribution in [2.75, 3.05) is 19.6 Å². The lowest BCUT2D eigenvalue weighted by Gasteiger charge is -2.26. The summed E-state index contributed by atoms with van der Waals surface area (Å²) in [6.07, 6.45) is 1.31. The summed E-state index contributed by atoms with van der Waals surface area (Å²) in [6.45, 7) is 2.46. The van der Waals surface area contributed by atoms with Crippen LogP contribution in [0.25, 0.3) is 0 Å². The second kappa shape index (κ2) is 6.33. The van der Waals surface area contributed by atoms with Crippen LogP contribution in [0.3, 0.4) is 0 Å². The lowest BCUT2D eigenvalue weighted by atomic mass is 9.99. The van der Waals surface area contributed by atoms with Crippen molar-refractivity contribution in [3.05, 3.63) is 35.4 Å². The van der Waals surface area contributed by atoms with Crippen LogP contribution in [-0.4, -0.2) is 36.6 Å². The minimum Gasteiger partial charge on any atom is -0.478 e. The molecule has 1 saturated heterocycles. The molecule has 1 heterocycles. The van der Waals surface area contributed by atoms with Crippen molar-refractivity contribution in [2.45, 2.75) is 12.8 Å². The molecule has 1 aromatic carbocycles. The number of carbonyl (C=O) groups is 2. The first kappa shape index (κ1) is 13.5. The second-order valence-corrected chi connectivity index (χ2v) is 4.83. The highest BCUT2D eigenvalue weighted by Crippen LogP contribution is 2.08. The summed E-state index contributed by atoms with van der Waals surface area (Å²) in [5.41, 5.74) is 1.31. The van der Waals surface area contributed by atoms with E-state index < -0.39 is 5.97 Å². The van der Waals surface area contributed by atoms with E-state index in [9.17, 15) is 9.59 Å². The molecule has 1 aromatic rings. The highest BCUT2D eigenvalue weighted by Gasteiger charge is 2.19. The van der Waals surface area contributed by atoms with Gasteiger partial charge in [-0.2, -0.15) is 0 Å². The van der Waals surface area contributed by atoms with Crippen LogP contribution in [0.15, 0.2) is 24.3 Å². The molecule has 3 N–H and O–H groups in total. The number of amides is 1. The highest BCUT2D eigenvalue weighted by molar-refractivity contribution is 5.87. The summed E-state index contributed by atoms with van der Waals surface area (Å²) in [6, 6.07) is 6.73. The van der Waals surface area contributed by atoms with Gasteiger partial charge >= 0.3 is 5.97 Å². The fourth-order valence-corrected chi connectivity index (χ4v) is 1.99. The summed E-state index contributed by atoms with van der Waals surface area (Å²) in [5, 5.41) is 14.8. The van der Waals surface area contributed by atoms with Gasteiger partial charge in [-0.15, -0.1) is 0 Å². The van der Waals surface area contributed by atoms with Crippen molar-refractivity contribution < 1.29 is 14.7 Å². The lowest BCUT2D eigenvalue weighted by molar-refractivity contribution is -0.122. The summed E-state index contributed by atoms with van der Waals surface area (Å²) < 4.78 is 0. The van der Waals surface area contributed by atoms with Gasteiger partial charge in [0.2, 0.25) is 5.91 Å². The molecule has 0 unspecified atom stereocenters. The highest BCUT2D eigenvalue weighted by atomic mass is 16.4. The third-order valence-corrected chi connectivity index (χ3v) is 3.28. The van der Waals surface area contributed by atoms with Gasteiger partial charge in [0.05, 0.1) is 5.56 Å². The Bertz CT molecular complexity index is 452. The van der Waals surface area contributed by atoms with Gasteiger partial charge in [-0.1, -0.05) is 12.1 Å². The molecular weight excluding hydrogens is 244 g/mol. The van der Waals surface area contributed by atoms with E-state index in [1.165, 1.54) is 0 Å². The fraction of sp³-hybridized carbons (Fsp3) is 0.429. The number of benzene rings is 1. The number of carbonyl (C=O) groups excluding carboxylic acids is 1. The molecule has 1 amide bonds. The summed E-state index contributed by atoms with van der Waals surface area (Å²) in [7, 11) is 0. The normalized spacial score (nSPS) is 14.7. The molecule has 1 aliphatic heterocycles. The fourth-order valence-electron chi connectivity index (χ4n) is 1.99. The zero-order chi connectivity index (χ0) is 13.7. The summed E-state index contributed by atoms with van der Waals surface area (Å²) in [4.78, 5) is 22.3. The Balaban J connectivity index is 1.69. The van der Waals surface area contributed by atoms with E-state index >= 15 is 0 Å². The zero-order valence-corrected chi connectivity index (χ0v) is 10.7. The zero-order valence-electron chi connectivity index (χ0n) is 10.7. The van der Waals surface area contributed by atoms with Gasteiger partial charge in [-0.05, 0) is 43.1 Å². The van der Waals surface area contributed by atoms with E-state index in [0.717, 1.165) is 18.7 Å². The SMILES string of the molecule is O=C(CC1CNC1)NCCc1ccc(C(=O)O)cc1. The maximum Gasteiger partial charge on any atom is 0.335 e. The standard InChI is InChI=1S/C14H18N2O3/c17-13(7-11-8-15-9-11)16-6-5-10-1-3-12(4-2-10)14(18)19/h1-4,11,15H,5-9H2,(H,16,17)(H,18,19). The summed E-state index contributed by atoms with van der Waals surface area (Å²) in [5.74, 6) is -0.350. The van der Waals surface area contributed by atoms with Crippen LogP contribution < -0.4 is 10.6 Å². The Morgan fingerprint density at radius 2 is 1.95 bits per heavy atom. The van der Waals surface area contributed by atoms with Crippen molar-refractivity contribution in [2.24, 2.45) is 5.92 Å². The van der Waals surface area contributed by atoms with E-state index in [1.807, 2.05) is 0 Å². The number of hydrogen-bond acceptors (Lipinski definition) is 3. The maximum absolute atomic E-state index is 11.6. The number of aromatic carboxylic acids is 1. The van der Waals surface area contributed by atoms with Crippen molar-refractivity contribution in [1.29, 1.82) is 0 Å². The van der Waals surface area contributed by atoms with Crippen molar-refractivity contribution in [3.8, 4) is 0 Å². The van der Waals surface area contributed by atoms with Gasteiger partial charge in [0.1, 0.15) is 0 Å². The predicted molar refractivity (Wildman–Crippen MR) is 71.1 cm³/mol. The topological polar surface area (TPSA) is 78.4 Å². The Hall–Kier alpha value is -1.88. The second-order valence-electron chi connectivity index (χ2n) is 4.83. The van der Waals surface area contributed by atoms with E-state index in [-0.39, 0.29) is 11.5 Å². The maximum atomic E-state index is 11.6. The largest absolute Gasteiger partial charge is 0.478 e. The Kier molecular flexibility index (Phi) is 4.52. The van der Waals surface area contributed by atoms with Crippen molar-refractivity contribution in [1.82, 2.24) is 10.6 Å². The van der Waals surface area contributed by atoms with E-state index in [0.29, 0.717) is 25.3 Å². The first-order chi connectivity index (χ1) is 9.15. The minimum absolute atomic E-state index is 0.0913. The number of rotatable bonds is 6. The van der Waals surface area contributed by atoms with Gasteiger partial charge in [-0.25, -0.2) is 4.79 Å². The monoisotopic (exact) mass is 262 g/mol. The van der Waals surface area contributed by atoms with Gasteiger partial charge < -0.3 is 15.7 Å². The molecule has 102 valence electrons. The van der Waals surface area contributed by atoms with Gasteiger partial charge in [-0.3, -0.25) is 4.79 Å². The Morgan fingerprint density at radius 1 is 1.26 bits per heavy atom. The van der Waals surface area contributed by atoms with Crippen LogP contribution in [0, 0.1) is 5.92 Å². The average Bonchev–Trinajstić information content (AvgIpc) is 2.34. The molecule has 0 saturated carbocycles. The number of carboxylic acids is 1. The number of carboxylic acid groups (broad SMARTS) is 1. The van der Waals surface area contributed by atoms with Gasteiger partial charge in [0, 0.05) is 13.0 Å². The number of hydrogen-bond donors (Lipinski definition) is 3. The van der Waals surface area contributed by atoms with Crippen LogP contribution >= 0.6 is 0 Å². The van der Waals surface area contributed by atoms with Crippen LogP contribution in [0.2, 0.25) is 0 Å². The average molecular weight is 262 g/mol. The molecule has 19 heavy (non-hydrogen) atoms. The third kappa shape index (κ3) is 4.06. The molecule has 0 radical (unpaired) electrons. The third-order valence-electron chi connectivity index (χ3n) is 3.28. The van der Waals surface area contributed by atoms with Gasteiger partial charge in [0.15, 0.2) is 0 Å². The van der Waals surface area contributed by atoms with Crippen LogP contribution in [-0.2, 0) is 11.2 Å². The molecule has 5 nitrogen and oxygen atoms in total. The minimum atomic E-state index is -0.922. The smallest absolute Gasteiger partial charge is 0.335 e. The molecule has 1 fully saturated rings. The molecule has 0 atom stereocenters. The molecule has 2 rings (SSSR count). The molecule has 5 heteroatoms. The summed E-state index contributed by atoms with van der Waals surface area (Å²) >= 11 is 0. The molecule has 0 aromatic heterocycles. The lowest BCUT2D eigenvalue weighted by Crippen LogP contribution is -2.44.